The van der Waals surface area contributed by atoms with E-state index in [1.54, 1.807) is 11.3 Å². The molecule has 0 radical (unpaired) electrons. The van der Waals surface area contributed by atoms with E-state index < -0.39 is 5.54 Å². The molecule has 2 unspecified atom stereocenters. The number of nitrogens with two attached hydrogens (primary N) is 1. The van der Waals surface area contributed by atoms with Crippen LogP contribution in [0.3, 0.4) is 0 Å². The molecule has 1 amide bonds. The Morgan fingerprint density at radius 3 is 2.80 bits per heavy atom. The van der Waals surface area contributed by atoms with Crippen LogP contribution in [0.25, 0.3) is 0 Å². The zero-order valence-electron chi connectivity index (χ0n) is 12.1. The van der Waals surface area contributed by atoms with Crippen LogP contribution in [0.1, 0.15) is 32.8 Å². The first-order valence-corrected chi connectivity index (χ1v) is 7.56. The topological polar surface area (TPSA) is 64.3 Å². The summed E-state index contributed by atoms with van der Waals surface area (Å²) in [6.07, 6.45) is 0.651. The van der Waals surface area contributed by atoms with Crippen molar-refractivity contribution in [2.45, 2.75) is 45.4 Å². The summed E-state index contributed by atoms with van der Waals surface area (Å²) in [5.74, 6) is -0.0837. The second-order valence-electron chi connectivity index (χ2n) is 5.66. The molecule has 1 fully saturated rings. The first-order chi connectivity index (χ1) is 8.91. The molecule has 2 atom stereocenters. The van der Waals surface area contributed by atoms with Crippen LogP contribution in [-0.2, 0) is 16.1 Å². The smallest absolute Gasteiger partial charge is 0.241 e. The highest BCUT2D eigenvalue weighted by molar-refractivity contribution is 7.07. The molecular formula is C14H23ClN2O2S. The minimum atomic E-state index is -0.830. The van der Waals surface area contributed by atoms with Gasteiger partial charge in [0.25, 0.3) is 0 Å². The van der Waals surface area contributed by atoms with Crippen molar-refractivity contribution in [3.8, 4) is 0 Å². The molecule has 0 aliphatic heterocycles. The molecular weight excluding hydrogens is 296 g/mol. The minimum Gasteiger partial charge on any atom is -0.378 e. The summed E-state index contributed by atoms with van der Waals surface area (Å²) < 4.78 is 5.63. The van der Waals surface area contributed by atoms with E-state index in [0.29, 0.717) is 19.6 Å². The lowest BCUT2D eigenvalue weighted by Crippen LogP contribution is -2.75. The molecule has 2 rings (SSSR count). The number of carbonyl (C=O) groups excluding carboxylic acids is 1. The highest BCUT2D eigenvalue weighted by atomic mass is 35.5. The number of nitrogens with one attached hydrogen (secondary N) is 1. The fourth-order valence-corrected chi connectivity index (χ4v) is 3.22. The number of thiophene rings is 1. The fraction of sp³-hybridized carbons (Fsp3) is 0.643. The van der Waals surface area contributed by atoms with E-state index >= 15 is 0 Å². The molecule has 1 heterocycles. The summed E-state index contributed by atoms with van der Waals surface area (Å²) in [5.41, 5.74) is 6.24. The van der Waals surface area contributed by atoms with Crippen LogP contribution in [0.2, 0.25) is 0 Å². The van der Waals surface area contributed by atoms with Crippen molar-refractivity contribution in [3.63, 3.8) is 0 Å². The Hall–Kier alpha value is -0.620. The van der Waals surface area contributed by atoms with Crippen molar-refractivity contribution in [3.05, 3.63) is 22.4 Å². The minimum absolute atomic E-state index is 0. The zero-order valence-corrected chi connectivity index (χ0v) is 13.8. The van der Waals surface area contributed by atoms with Crippen LogP contribution in [0.5, 0.6) is 0 Å². The highest BCUT2D eigenvalue weighted by Crippen LogP contribution is 2.49. The van der Waals surface area contributed by atoms with Gasteiger partial charge < -0.3 is 15.8 Å². The molecule has 3 N–H and O–H groups in total. The number of rotatable bonds is 5. The fourth-order valence-electron chi connectivity index (χ4n) is 2.55. The summed E-state index contributed by atoms with van der Waals surface area (Å²) in [6, 6.07) is 2.00. The normalized spacial score (nSPS) is 27.3. The quantitative estimate of drug-likeness (QED) is 0.875. The van der Waals surface area contributed by atoms with Crippen LogP contribution in [0.15, 0.2) is 16.8 Å². The molecule has 1 aliphatic carbocycles. The van der Waals surface area contributed by atoms with Gasteiger partial charge in [-0.1, -0.05) is 13.8 Å². The van der Waals surface area contributed by atoms with Gasteiger partial charge in [-0.3, -0.25) is 4.79 Å². The molecule has 0 spiro atoms. The highest BCUT2D eigenvalue weighted by Gasteiger charge is 2.62. The number of halogens is 1. The Kier molecular flexibility index (Phi) is 5.61. The van der Waals surface area contributed by atoms with Crippen molar-refractivity contribution < 1.29 is 9.53 Å². The molecule has 114 valence electrons. The number of hydrogen-bond acceptors (Lipinski definition) is 4. The Bertz CT molecular complexity index is 450. The van der Waals surface area contributed by atoms with E-state index in [1.165, 1.54) is 0 Å². The third kappa shape index (κ3) is 2.86. The first-order valence-electron chi connectivity index (χ1n) is 6.61. The Morgan fingerprint density at radius 2 is 2.30 bits per heavy atom. The second kappa shape index (κ2) is 6.43. The molecule has 1 saturated carbocycles. The molecule has 1 aromatic heterocycles. The van der Waals surface area contributed by atoms with Crippen LogP contribution < -0.4 is 11.1 Å². The standard InChI is InChI=1S/C14H22N2O2S.ClH/c1-4-18-11-7-14(15,13(11,2)3)12(17)16-8-10-5-6-19-9-10;/h5-6,9,11H,4,7-8,15H2,1-3H3,(H,16,17);1H. The molecule has 6 heteroatoms. The number of amides is 1. The van der Waals surface area contributed by atoms with Crippen LogP contribution in [0, 0.1) is 5.41 Å². The van der Waals surface area contributed by atoms with Gasteiger partial charge in [0, 0.05) is 25.0 Å². The summed E-state index contributed by atoms with van der Waals surface area (Å²) in [6.45, 7) is 7.16. The predicted octanol–water partition coefficient (Wildman–Crippen LogP) is 2.32. The molecule has 1 aliphatic rings. The van der Waals surface area contributed by atoms with Gasteiger partial charge in [-0.25, -0.2) is 0 Å². The van der Waals surface area contributed by atoms with Gasteiger partial charge in [0.1, 0.15) is 5.54 Å². The average Bonchev–Trinajstić information content (AvgIpc) is 2.88. The zero-order chi connectivity index (χ0) is 14.1. The van der Waals surface area contributed by atoms with Gasteiger partial charge in [-0.15, -0.1) is 12.4 Å². The summed E-state index contributed by atoms with van der Waals surface area (Å²) in [7, 11) is 0. The van der Waals surface area contributed by atoms with Crippen LogP contribution in [0.4, 0.5) is 0 Å². The Balaban J connectivity index is 0.00000200. The maximum Gasteiger partial charge on any atom is 0.241 e. The number of carbonyl (C=O) groups is 1. The van der Waals surface area contributed by atoms with Crippen molar-refractivity contribution in [2.75, 3.05) is 6.61 Å². The Morgan fingerprint density at radius 1 is 1.60 bits per heavy atom. The molecule has 1 aromatic rings. The lowest BCUT2D eigenvalue weighted by atomic mass is 9.54. The van der Waals surface area contributed by atoms with E-state index in [2.05, 4.69) is 5.32 Å². The average molecular weight is 319 g/mol. The van der Waals surface area contributed by atoms with Crippen LogP contribution in [-0.4, -0.2) is 24.2 Å². The lowest BCUT2D eigenvalue weighted by Gasteiger charge is -2.57. The largest absolute Gasteiger partial charge is 0.378 e. The van der Waals surface area contributed by atoms with E-state index in [0.717, 1.165) is 5.56 Å². The van der Waals surface area contributed by atoms with E-state index in [4.69, 9.17) is 10.5 Å². The first kappa shape index (κ1) is 17.4. The van der Waals surface area contributed by atoms with Gasteiger partial charge in [-0.05, 0) is 29.3 Å². The number of ether oxygens (including phenoxy) is 1. The lowest BCUT2D eigenvalue weighted by molar-refractivity contribution is -0.170. The molecule has 0 bridgehead atoms. The Labute approximate surface area is 130 Å². The van der Waals surface area contributed by atoms with Gasteiger partial charge in [0.05, 0.1) is 6.10 Å². The van der Waals surface area contributed by atoms with Gasteiger partial charge in [0.2, 0.25) is 5.91 Å². The molecule has 4 nitrogen and oxygen atoms in total. The third-order valence-corrected chi connectivity index (χ3v) is 5.00. The van der Waals surface area contributed by atoms with Crippen LogP contribution >= 0.6 is 23.7 Å². The SMILES string of the molecule is CCOC1CC(N)(C(=O)NCc2ccsc2)C1(C)C.Cl. The maximum absolute atomic E-state index is 12.3. The van der Waals surface area contributed by atoms with Gasteiger partial charge in [-0.2, -0.15) is 11.3 Å². The van der Waals surface area contributed by atoms with Crippen molar-refractivity contribution >= 4 is 29.7 Å². The second-order valence-corrected chi connectivity index (χ2v) is 6.44. The summed E-state index contributed by atoms with van der Waals surface area (Å²) >= 11 is 1.62. The third-order valence-electron chi connectivity index (χ3n) is 4.27. The molecule has 0 saturated heterocycles. The predicted molar refractivity (Wildman–Crippen MR) is 84.1 cm³/mol. The number of hydrogen-bond donors (Lipinski definition) is 2. The van der Waals surface area contributed by atoms with E-state index in [9.17, 15) is 4.79 Å². The van der Waals surface area contributed by atoms with E-state index in [1.807, 2.05) is 37.6 Å². The molecule has 20 heavy (non-hydrogen) atoms. The van der Waals surface area contributed by atoms with Gasteiger partial charge in [0.15, 0.2) is 0 Å². The van der Waals surface area contributed by atoms with Crippen molar-refractivity contribution in [1.82, 2.24) is 5.32 Å². The summed E-state index contributed by atoms with van der Waals surface area (Å²) in [4.78, 5) is 12.3. The van der Waals surface area contributed by atoms with E-state index in [-0.39, 0.29) is 29.8 Å². The van der Waals surface area contributed by atoms with Crippen molar-refractivity contribution in [2.24, 2.45) is 11.1 Å². The molecule has 0 aromatic carbocycles. The van der Waals surface area contributed by atoms with Crippen molar-refractivity contribution in [1.29, 1.82) is 0 Å². The van der Waals surface area contributed by atoms with Gasteiger partial charge >= 0.3 is 0 Å². The summed E-state index contributed by atoms with van der Waals surface area (Å²) in [5, 5.41) is 6.96. The maximum atomic E-state index is 12.3. The monoisotopic (exact) mass is 318 g/mol.